The first-order chi connectivity index (χ1) is 20.3. The Hall–Kier alpha value is -4.70. The summed E-state index contributed by atoms with van der Waals surface area (Å²) in [5.74, 6) is 0. The Bertz CT molecular complexity index is 2420. The smallest absolute Gasteiger partial charge is 0.0727 e. The number of hydrogen-bond donors (Lipinski definition) is 0. The SMILES string of the molecule is c1ccc(-n2c3ccccc3c3sc4cc(-c5cccc(-c6cccc7sc8ccccc8c67)c5)ccc4c32)cc1. The van der Waals surface area contributed by atoms with Gasteiger partial charge in [0.05, 0.1) is 15.7 Å². The van der Waals surface area contributed by atoms with E-state index in [-0.39, 0.29) is 0 Å². The van der Waals surface area contributed by atoms with Crippen molar-refractivity contribution in [2.75, 3.05) is 0 Å². The highest BCUT2D eigenvalue weighted by Gasteiger charge is 2.18. The first-order valence-corrected chi connectivity index (χ1v) is 15.5. The van der Waals surface area contributed by atoms with E-state index in [2.05, 4.69) is 144 Å². The number of rotatable bonds is 3. The molecule has 0 unspecified atom stereocenters. The van der Waals surface area contributed by atoms with Gasteiger partial charge < -0.3 is 4.57 Å². The molecule has 0 bridgehead atoms. The fourth-order valence-corrected chi connectivity index (χ4v) is 8.77. The number of thiophene rings is 2. The van der Waals surface area contributed by atoms with Gasteiger partial charge in [-0.2, -0.15) is 0 Å². The number of nitrogens with zero attached hydrogens (tertiary/aromatic N) is 1. The lowest BCUT2D eigenvalue weighted by Crippen LogP contribution is -1.92. The third-order valence-corrected chi connectivity index (χ3v) is 10.5. The van der Waals surface area contributed by atoms with E-state index >= 15 is 0 Å². The molecule has 6 aromatic carbocycles. The average molecular weight is 558 g/mol. The van der Waals surface area contributed by atoms with Crippen molar-refractivity contribution < 1.29 is 0 Å². The minimum atomic E-state index is 1.20. The van der Waals surface area contributed by atoms with Gasteiger partial charge in [0.25, 0.3) is 0 Å². The van der Waals surface area contributed by atoms with Crippen LogP contribution in [0, 0.1) is 0 Å². The molecule has 0 amide bonds. The Morgan fingerprint density at radius 3 is 2.10 bits per heavy atom. The lowest BCUT2D eigenvalue weighted by atomic mass is 9.96. The van der Waals surface area contributed by atoms with E-state index in [1.54, 1.807) is 0 Å². The van der Waals surface area contributed by atoms with Crippen LogP contribution < -0.4 is 0 Å². The van der Waals surface area contributed by atoms with Gasteiger partial charge in [-0.05, 0) is 64.7 Å². The predicted octanol–water partition coefficient (Wildman–Crippen LogP) is 11.7. The van der Waals surface area contributed by atoms with Gasteiger partial charge >= 0.3 is 0 Å². The molecule has 0 atom stereocenters. The molecule has 0 aliphatic rings. The highest BCUT2D eigenvalue weighted by Crippen LogP contribution is 2.44. The van der Waals surface area contributed by atoms with Gasteiger partial charge in [0.2, 0.25) is 0 Å². The highest BCUT2D eigenvalue weighted by molar-refractivity contribution is 7.27. The lowest BCUT2D eigenvalue weighted by molar-refractivity contribution is 1.19. The summed E-state index contributed by atoms with van der Waals surface area (Å²) >= 11 is 3.78. The molecule has 3 aromatic heterocycles. The van der Waals surface area contributed by atoms with Crippen LogP contribution in [0.5, 0.6) is 0 Å². The molecule has 1 nitrogen and oxygen atoms in total. The molecule has 0 aliphatic carbocycles. The van der Waals surface area contributed by atoms with Crippen molar-refractivity contribution in [3.8, 4) is 27.9 Å². The second kappa shape index (κ2) is 8.90. The highest BCUT2D eigenvalue weighted by atomic mass is 32.1. The maximum absolute atomic E-state index is 2.43. The average Bonchev–Trinajstić information content (AvgIpc) is 3.70. The van der Waals surface area contributed by atoms with E-state index in [1.165, 1.54) is 79.3 Å². The molecule has 3 heterocycles. The van der Waals surface area contributed by atoms with Gasteiger partial charge in [-0.1, -0.05) is 97.1 Å². The largest absolute Gasteiger partial charge is 0.308 e. The predicted molar refractivity (Wildman–Crippen MR) is 180 cm³/mol. The molecule has 0 radical (unpaired) electrons. The molecule has 3 heteroatoms. The number of para-hydroxylation sites is 2. The quantitative estimate of drug-likeness (QED) is 0.204. The molecular weight excluding hydrogens is 535 g/mol. The maximum Gasteiger partial charge on any atom is 0.0727 e. The summed E-state index contributed by atoms with van der Waals surface area (Å²) in [6, 6.07) is 51.0. The minimum absolute atomic E-state index is 1.20. The Labute approximate surface area is 245 Å². The molecule has 0 spiro atoms. The van der Waals surface area contributed by atoms with E-state index in [1.807, 2.05) is 22.7 Å². The summed E-state index contributed by atoms with van der Waals surface area (Å²) in [5.41, 5.74) is 8.81. The van der Waals surface area contributed by atoms with E-state index in [0.29, 0.717) is 0 Å². The Kier molecular flexibility index (Phi) is 5.00. The van der Waals surface area contributed by atoms with Crippen molar-refractivity contribution in [2.45, 2.75) is 0 Å². The Balaban J connectivity index is 1.23. The van der Waals surface area contributed by atoms with Crippen LogP contribution in [0.1, 0.15) is 0 Å². The monoisotopic (exact) mass is 557 g/mol. The van der Waals surface area contributed by atoms with E-state index in [9.17, 15) is 0 Å². The Morgan fingerprint density at radius 2 is 1.17 bits per heavy atom. The summed E-state index contributed by atoms with van der Waals surface area (Å²) in [7, 11) is 0. The van der Waals surface area contributed by atoms with Crippen molar-refractivity contribution in [1.82, 2.24) is 4.57 Å². The molecule has 0 N–H and O–H groups in total. The molecule has 9 aromatic rings. The van der Waals surface area contributed by atoms with Crippen LogP contribution in [0.25, 0.3) is 79.3 Å². The van der Waals surface area contributed by atoms with Gasteiger partial charge in [0.1, 0.15) is 0 Å². The molecule has 0 aliphatic heterocycles. The fraction of sp³-hybridized carbons (Fsp3) is 0. The number of fused-ring (bicyclic) bond motifs is 8. The Morgan fingerprint density at radius 1 is 0.439 bits per heavy atom. The van der Waals surface area contributed by atoms with Crippen molar-refractivity contribution >= 4 is 74.1 Å². The summed E-state index contributed by atoms with van der Waals surface area (Å²) in [4.78, 5) is 0. The van der Waals surface area contributed by atoms with Crippen LogP contribution in [-0.4, -0.2) is 4.57 Å². The second-order valence-electron chi connectivity index (χ2n) is 10.5. The summed E-state index contributed by atoms with van der Waals surface area (Å²) < 4.78 is 7.77. The van der Waals surface area contributed by atoms with Gasteiger partial charge in [-0.15, -0.1) is 22.7 Å². The number of hydrogen-bond acceptors (Lipinski definition) is 2. The van der Waals surface area contributed by atoms with Crippen LogP contribution >= 0.6 is 22.7 Å². The summed E-state index contributed by atoms with van der Waals surface area (Å²) in [6.45, 7) is 0. The van der Waals surface area contributed by atoms with Gasteiger partial charge in [0, 0.05) is 41.3 Å². The van der Waals surface area contributed by atoms with Crippen LogP contribution in [0.2, 0.25) is 0 Å². The second-order valence-corrected chi connectivity index (χ2v) is 12.7. The number of benzene rings is 6. The summed E-state index contributed by atoms with van der Waals surface area (Å²) in [6.07, 6.45) is 0. The molecule has 0 saturated carbocycles. The zero-order chi connectivity index (χ0) is 26.9. The van der Waals surface area contributed by atoms with Crippen LogP contribution in [-0.2, 0) is 0 Å². The van der Waals surface area contributed by atoms with E-state index < -0.39 is 0 Å². The van der Waals surface area contributed by atoms with Gasteiger partial charge in [-0.3, -0.25) is 0 Å². The molecule has 0 fully saturated rings. The molecule has 192 valence electrons. The molecule has 41 heavy (non-hydrogen) atoms. The van der Waals surface area contributed by atoms with Crippen molar-refractivity contribution in [1.29, 1.82) is 0 Å². The van der Waals surface area contributed by atoms with Crippen LogP contribution in [0.4, 0.5) is 0 Å². The topological polar surface area (TPSA) is 4.93 Å². The fourth-order valence-electron chi connectivity index (χ4n) is 6.37. The van der Waals surface area contributed by atoms with Crippen LogP contribution in [0.3, 0.4) is 0 Å². The van der Waals surface area contributed by atoms with Crippen molar-refractivity contribution in [2.24, 2.45) is 0 Å². The van der Waals surface area contributed by atoms with Crippen molar-refractivity contribution in [3.05, 3.63) is 140 Å². The standard InChI is InChI=1S/C38H23NS2/c1-2-12-27(13-3-1)39-32-17-6-4-14-29(32)38-37(39)31-21-20-25(23-35(31)41-38)24-10-8-11-26(22-24)28-16-9-19-34-36(28)30-15-5-7-18-33(30)40-34/h1-23H. The zero-order valence-electron chi connectivity index (χ0n) is 22.0. The van der Waals surface area contributed by atoms with Crippen molar-refractivity contribution in [3.63, 3.8) is 0 Å². The molecule has 0 saturated heterocycles. The van der Waals surface area contributed by atoms with Gasteiger partial charge in [-0.25, -0.2) is 0 Å². The lowest BCUT2D eigenvalue weighted by Gasteiger charge is -2.09. The van der Waals surface area contributed by atoms with Gasteiger partial charge in [0.15, 0.2) is 0 Å². The third kappa shape index (κ3) is 3.46. The van der Waals surface area contributed by atoms with E-state index in [0.717, 1.165) is 0 Å². The number of aromatic nitrogens is 1. The van der Waals surface area contributed by atoms with Crippen LogP contribution in [0.15, 0.2) is 140 Å². The van der Waals surface area contributed by atoms with E-state index in [4.69, 9.17) is 0 Å². The molecule has 9 rings (SSSR count). The third-order valence-electron chi connectivity index (χ3n) is 8.20. The summed E-state index contributed by atoms with van der Waals surface area (Å²) in [5, 5.41) is 5.31. The molecular formula is C38H23NS2. The normalized spacial score (nSPS) is 11.9. The zero-order valence-corrected chi connectivity index (χ0v) is 23.7. The first kappa shape index (κ1) is 23.0. The minimum Gasteiger partial charge on any atom is -0.308 e. The maximum atomic E-state index is 2.43. The first-order valence-electron chi connectivity index (χ1n) is 13.9.